The van der Waals surface area contributed by atoms with Gasteiger partial charge in [-0.25, -0.2) is 4.39 Å². The van der Waals surface area contributed by atoms with E-state index < -0.39 is 5.60 Å². The first kappa shape index (κ1) is 23.0. The van der Waals surface area contributed by atoms with Gasteiger partial charge in [0.05, 0.1) is 11.3 Å². The van der Waals surface area contributed by atoms with Crippen molar-refractivity contribution in [2.24, 2.45) is 0 Å². The normalized spacial score (nSPS) is 16.2. The standard InChI is InChI=1S/C22H22ClFN2O2S.ClH/c23-17-5-3-16(4-6-17)22(28)10-13-26(14-11-22)12-9-19-20(25-21(27)29-19)15-1-7-18(24)8-2-15;/h1-8,28H,9-14H2,(H,25,27);1H. The fourth-order valence-corrected chi connectivity index (χ4v) is 4.81. The molecule has 1 aliphatic heterocycles. The molecule has 0 amide bonds. The van der Waals surface area contributed by atoms with Gasteiger partial charge in [0.2, 0.25) is 0 Å². The summed E-state index contributed by atoms with van der Waals surface area (Å²) in [5.74, 6) is -0.297. The Balaban J connectivity index is 0.00000256. The maximum absolute atomic E-state index is 13.2. The summed E-state index contributed by atoms with van der Waals surface area (Å²) < 4.78 is 13.2. The van der Waals surface area contributed by atoms with Crippen LogP contribution < -0.4 is 4.87 Å². The second-order valence-corrected chi connectivity index (χ2v) is 8.95. The minimum atomic E-state index is -0.820. The molecule has 4 rings (SSSR count). The first-order valence-electron chi connectivity index (χ1n) is 9.62. The highest BCUT2D eigenvalue weighted by Crippen LogP contribution is 2.33. The van der Waals surface area contributed by atoms with Gasteiger partial charge in [-0.3, -0.25) is 4.79 Å². The van der Waals surface area contributed by atoms with Crippen LogP contribution in [0.25, 0.3) is 11.3 Å². The van der Waals surface area contributed by atoms with E-state index in [2.05, 4.69) is 9.88 Å². The van der Waals surface area contributed by atoms with Crippen molar-refractivity contribution in [1.82, 2.24) is 9.88 Å². The number of halogens is 3. The Morgan fingerprint density at radius 3 is 2.37 bits per heavy atom. The number of rotatable bonds is 5. The van der Waals surface area contributed by atoms with Gasteiger partial charge in [-0.15, -0.1) is 12.4 Å². The molecule has 160 valence electrons. The van der Waals surface area contributed by atoms with Gasteiger partial charge in [-0.2, -0.15) is 0 Å². The lowest BCUT2D eigenvalue weighted by Crippen LogP contribution is -2.43. The molecule has 2 N–H and O–H groups in total. The number of aliphatic hydroxyl groups is 1. The number of aromatic nitrogens is 1. The van der Waals surface area contributed by atoms with E-state index in [1.54, 1.807) is 12.1 Å². The van der Waals surface area contributed by atoms with Crippen molar-refractivity contribution in [2.75, 3.05) is 19.6 Å². The number of aromatic amines is 1. The van der Waals surface area contributed by atoms with Crippen LogP contribution in [0.15, 0.2) is 53.3 Å². The van der Waals surface area contributed by atoms with Crippen LogP contribution in [-0.4, -0.2) is 34.6 Å². The molecule has 2 aromatic carbocycles. The van der Waals surface area contributed by atoms with Gasteiger partial charge in [0.1, 0.15) is 5.82 Å². The molecule has 2 heterocycles. The summed E-state index contributed by atoms with van der Waals surface area (Å²) in [6, 6.07) is 13.6. The van der Waals surface area contributed by atoms with Gasteiger partial charge in [0.25, 0.3) is 0 Å². The van der Waals surface area contributed by atoms with E-state index in [0.29, 0.717) is 17.9 Å². The van der Waals surface area contributed by atoms with Crippen molar-refractivity contribution >= 4 is 35.3 Å². The van der Waals surface area contributed by atoms with Crippen LogP contribution >= 0.6 is 35.3 Å². The lowest BCUT2D eigenvalue weighted by molar-refractivity contribution is -0.0255. The Bertz CT molecular complexity index is 1030. The number of likely N-dealkylation sites (tertiary alicyclic amines) is 1. The van der Waals surface area contributed by atoms with Crippen molar-refractivity contribution in [2.45, 2.75) is 24.9 Å². The largest absolute Gasteiger partial charge is 0.385 e. The first-order chi connectivity index (χ1) is 13.9. The molecule has 3 aromatic rings. The van der Waals surface area contributed by atoms with Crippen LogP contribution in [0.3, 0.4) is 0 Å². The van der Waals surface area contributed by atoms with Crippen LogP contribution in [0.2, 0.25) is 5.02 Å². The fourth-order valence-electron chi connectivity index (χ4n) is 3.84. The van der Waals surface area contributed by atoms with E-state index in [-0.39, 0.29) is 23.1 Å². The molecule has 0 aliphatic carbocycles. The Labute approximate surface area is 189 Å². The van der Waals surface area contributed by atoms with Gasteiger partial charge < -0.3 is 15.0 Å². The van der Waals surface area contributed by atoms with Gasteiger partial charge >= 0.3 is 4.87 Å². The Morgan fingerprint density at radius 1 is 1.10 bits per heavy atom. The molecule has 4 nitrogen and oxygen atoms in total. The number of piperidine rings is 1. The van der Waals surface area contributed by atoms with Crippen molar-refractivity contribution in [3.63, 3.8) is 0 Å². The number of H-pyrrole nitrogens is 1. The molecule has 0 spiro atoms. The van der Waals surface area contributed by atoms with E-state index >= 15 is 0 Å². The predicted octanol–water partition coefficient (Wildman–Crippen LogP) is 4.84. The number of thiazole rings is 1. The number of nitrogens with one attached hydrogen (secondary N) is 1. The molecular formula is C22H23Cl2FN2O2S. The predicted molar refractivity (Wildman–Crippen MR) is 122 cm³/mol. The maximum atomic E-state index is 13.2. The Morgan fingerprint density at radius 2 is 1.73 bits per heavy atom. The zero-order chi connectivity index (χ0) is 20.4. The highest BCUT2D eigenvalue weighted by molar-refractivity contribution is 7.09. The minimum absolute atomic E-state index is 0. The van der Waals surface area contributed by atoms with Gasteiger partial charge in [-0.1, -0.05) is 35.1 Å². The summed E-state index contributed by atoms with van der Waals surface area (Å²) in [5, 5.41) is 11.7. The van der Waals surface area contributed by atoms with Crippen LogP contribution in [0.5, 0.6) is 0 Å². The summed E-state index contributed by atoms with van der Waals surface area (Å²) >= 11 is 7.16. The van der Waals surface area contributed by atoms with Crippen molar-refractivity contribution in [3.8, 4) is 11.3 Å². The molecule has 0 unspecified atom stereocenters. The topological polar surface area (TPSA) is 56.3 Å². The Hall–Kier alpha value is -1.70. The number of hydrogen-bond donors (Lipinski definition) is 2. The molecule has 8 heteroatoms. The second-order valence-electron chi connectivity index (χ2n) is 7.45. The third-order valence-electron chi connectivity index (χ3n) is 5.57. The zero-order valence-corrected chi connectivity index (χ0v) is 18.6. The quantitative estimate of drug-likeness (QED) is 0.562. The average Bonchev–Trinajstić information content (AvgIpc) is 3.09. The SMILES string of the molecule is Cl.O=c1[nH]c(-c2ccc(F)cc2)c(CCN2CCC(O)(c3ccc(Cl)cc3)CC2)s1. The lowest BCUT2D eigenvalue weighted by Gasteiger charge is -2.38. The average molecular weight is 469 g/mol. The number of nitrogens with zero attached hydrogens (tertiary/aromatic N) is 1. The van der Waals surface area contributed by atoms with Crippen molar-refractivity contribution in [1.29, 1.82) is 0 Å². The summed E-state index contributed by atoms with van der Waals surface area (Å²) in [6.07, 6.45) is 2.04. The molecular weight excluding hydrogens is 446 g/mol. The molecule has 0 atom stereocenters. The van der Waals surface area contributed by atoms with E-state index in [1.165, 1.54) is 23.5 Å². The summed E-state index contributed by atoms with van der Waals surface area (Å²) in [6.45, 7) is 2.37. The van der Waals surface area contributed by atoms with E-state index in [1.807, 2.05) is 24.3 Å². The van der Waals surface area contributed by atoms with Crippen LogP contribution in [-0.2, 0) is 12.0 Å². The third kappa shape index (κ3) is 5.13. The van der Waals surface area contributed by atoms with E-state index in [9.17, 15) is 14.3 Å². The Kier molecular flexibility index (Phi) is 7.37. The van der Waals surface area contributed by atoms with Crippen LogP contribution in [0, 0.1) is 5.82 Å². The highest BCUT2D eigenvalue weighted by atomic mass is 35.5. The molecule has 1 aromatic heterocycles. The lowest BCUT2D eigenvalue weighted by atomic mass is 9.84. The molecule has 1 fully saturated rings. The zero-order valence-electron chi connectivity index (χ0n) is 16.2. The molecule has 0 radical (unpaired) electrons. The van der Waals surface area contributed by atoms with E-state index in [0.717, 1.165) is 47.8 Å². The molecule has 1 saturated heterocycles. The van der Waals surface area contributed by atoms with Gasteiger partial charge in [-0.05, 0) is 66.8 Å². The van der Waals surface area contributed by atoms with Gasteiger partial charge in [0.15, 0.2) is 0 Å². The van der Waals surface area contributed by atoms with Crippen LogP contribution in [0.4, 0.5) is 4.39 Å². The fraction of sp³-hybridized carbons (Fsp3) is 0.318. The number of benzene rings is 2. The molecule has 1 aliphatic rings. The summed E-state index contributed by atoms with van der Waals surface area (Å²) in [4.78, 5) is 18.0. The molecule has 0 saturated carbocycles. The maximum Gasteiger partial charge on any atom is 0.305 e. The smallest absolute Gasteiger partial charge is 0.305 e. The van der Waals surface area contributed by atoms with Crippen molar-refractivity contribution < 1.29 is 9.50 Å². The first-order valence-corrected chi connectivity index (χ1v) is 10.8. The van der Waals surface area contributed by atoms with Crippen LogP contribution in [0.1, 0.15) is 23.3 Å². The number of hydrogen-bond acceptors (Lipinski definition) is 4. The summed E-state index contributed by atoms with van der Waals surface area (Å²) in [7, 11) is 0. The monoisotopic (exact) mass is 468 g/mol. The van der Waals surface area contributed by atoms with Gasteiger partial charge in [0, 0.05) is 29.5 Å². The van der Waals surface area contributed by atoms with E-state index in [4.69, 9.17) is 11.6 Å². The second kappa shape index (κ2) is 9.62. The summed E-state index contributed by atoms with van der Waals surface area (Å²) in [5.41, 5.74) is 1.67. The molecule has 0 bridgehead atoms. The minimum Gasteiger partial charge on any atom is -0.385 e. The highest BCUT2D eigenvalue weighted by Gasteiger charge is 2.33. The van der Waals surface area contributed by atoms with Crippen molar-refractivity contribution in [3.05, 3.63) is 79.5 Å². The molecule has 30 heavy (non-hydrogen) atoms. The third-order valence-corrected chi connectivity index (χ3v) is 6.77.